The fourth-order valence-corrected chi connectivity index (χ4v) is 1.51. The maximum atomic E-state index is 5.24. The largest absolute Gasteiger partial charge is 0.496 e. The van der Waals surface area contributed by atoms with Gasteiger partial charge in [-0.25, -0.2) is 0 Å². The third-order valence-electron chi connectivity index (χ3n) is 1.99. The van der Waals surface area contributed by atoms with Gasteiger partial charge >= 0.3 is 0 Å². The summed E-state index contributed by atoms with van der Waals surface area (Å²) in [7, 11) is 1.65. The van der Waals surface area contributed by atoms with Gasteiger partial charge in [-0.1, -0.05) is 12.1 Å². The van der Waals surface area contributed by atoms with E-state index in [0.29, 0.717) is 4.77 Å². The molecule has 0 aliphatic rings. The van der Waals surface area contributed by atoms with Crippen LogP contribution in [0.4, 0.5) is 0 Å². The molecule has 1 aromatic carbocycles. The molecule has 0 fully saturated rings. The molecule has 2 aromatic rings. The third-order valence-corrected chi connectivity index (χ3v) is 2.21. The number of imidazole rings is 1. The van der Waals surface area contributed by atoms with Crippen LogP contribution in [0.1, 0.15) is 0 Å². The number of methoxy groups -OCH3 is 1. The molecule has 0 amide bonds. The van der Waals surface area contributed by atoms with Crippen molar-refractivity contribution in [2.75, 3.05) is 7.11 Å². The zero-order valence-electron chi connectivity index (χ0n) is 7.70. The summed E-state index contributed by atoms with van der Waals surface area (Å²) >= 11 is 4.96. The van der Waals surface area contributed by atoms with Crippen LogP contribution >= 0.6 is 12.2 Å². The standard InChI is InChI=1S/C10H10N2OS/c1-13-9-5-3-2-4-7(9)8-6-11-10(14)12-8/h2-6H,1H3,(H2,11,12,14). The lowest BCUT2D eigenvalue weighted by atomic mass is 10.1. The summed E-state index contributed by atoms with van der Waals surface area (Å²) in [6.07, 6.45) is 1.83. The molecule has 0 bridgehead atoms. The smallest absolute Gasteiger partial charge is 0.174 e. The first kappa shape index (κ1) is 9.02. The van der Waals surface area contributed by atoms with Crippen molar-refractivity contribution >= 4 is 12.2 Å². The van der Waals surface area contributed by atoms with Crippen LogP contribution < -0.4 is 4.74 Å². The predicted octanol–water partition coefficient (Wildman–Crippen LogP) is 2.75. The van der Waals surface area contributed by atoms with Crippen molar-refractivity contribution in [3.8, 4) is 17.0 Å². The Morgan fingerprint density at radius 1 is 1.29 bits per heavy atom. The highest BCUT2D eigenvalue weighted by Crippen LogP contribution is 2.27. The number of nitrogens with one attached hydrogen (secondary N) is 2. The molecule has 0 spiro atoms. The Kier molecular flexibility index (Phi) is 2.37. The van der Waals surface area contributed by atoms with Crippen LogP contribution in [-0.2, 0) is 0 Å². The first-order valence-corrected chi connectivity index (χ1v) is 4.63. The summed E-state index contributed by atoms with van der Waals surface area (Å²) in [6.45, 7) is 0. The van der Waals surface area contributed by atoms with Crippen molar-refractivity contribution in [2.24, 2.45) is 0 Å². The number of hydrogen-bond acceptors (Lipinski definition) is 2. The molecule has 4 heteroatoms. The second-order valence-electron chi connectivity index (χ2n) is 2.86. The summed E-state index contributed by atoms with van der Waals surface area (Å²) in [6, 6.07) is 7.79. The first-order chi connectivity index (χ1) is 6.81. The van der Waals surface area contributed by atoms with Gasteiger partial charge in [-0.2, -0.15) is 0 Å². The molecular formula is C10H10N2OS. The van der Waals surface area contributed by atoms with Crippen LogP contribution in [0.25, 0.3) is 11.3 Å². The van der Waals surface area contributed by atoms with E-state index in [1.165, 1.54) is 0 Å². The van der Waals surface area contributed by atoms with E-state index in [1.54, 1.807) is 7.11 Å². The Hall–Kier alpha value is -1.55. The number of aromatic nitrogens is 2. The minimum Gasteiger partial charge on any atom is -0.496 e. The van der Waals surface area contributed by atoms with E-state index < -0.39 is 0 Å². The molecule has 0 saturated heterocycles. The summed E-state index contributed by atoms with van der Waals surface area (Å²) in [5, 5.41) is 0. The first-order valence-electron chi connectivity index (χ1n) is 4.22. The Balaban J connectivity index is 2.55. The third kappa shape index (κ3) is 1.56. The molecule has 2 rings (SSSR count). The number of aromatic amines is 2. The average molecular weight is 206 g/mol. The van der Waals surface area contributed by atoms with Crippen molar-refractivity contribution in [1.82, 2.24) is 9.97 Å². The fourth-order valence-electron chi connectivity index (χ4n) is 1.34. The van der Waals surface area contributed by atoms with Crippen LogP contribution in [0.5, 0.6) is 5.75 Å². The van der Waals surface area contributed by atoms with Crippen LogP contribution in [0.15, 0.2) is 30.5 Å². The van der Waals surface area contributed by atoms with Gasteiger partial charge in [0.2, 0.25) is 0 Å². The van der Waals surface area contributed by atoms with E-state index in [-0.39, 0.29) is 0 Å². The molecule has 2 N–H and O–H groups in total. The summed E-state index contributed by atoms with van der Waals surface area (Å²) in [5.74, 6) is 0.831. The Bertz CT molecular complexity index is 487. The molecule has 0 aliphatic heterocycles. The Labute approximate surface area is 86.8 Å². The molecule has 72 valence electrons. The molecule has 0 saturated carbocycles. The highest BCUT2D eigenvalue weighted by molar-refractivity contribution is 7.71. The molecule has 1 aromatic heterocycles. The minimum atomic E-state index is 0.617. The average Bonchev–Trinajstić information content (AvgIpc) is 2.65. The number of ether oxygens (including phenoxy) is 1. The number of H-pyrrole nitrogens is 2. The van der Waals surface area contributed by atoms with Gasteiger partial charge in [0.15, 0.2) is 4.77 Å². The second-order valence-corrected chi connectivity index (χ2v) is 3.27. The maximum Gasteiger partial charge on any atom is 0.174 e. The zero-order chi connectivity index (χ0) is 9.97. The van der Waals surface area contributed by atoms with E-state index in [2.05, 4.69) is 9.97 Å². The highest BCUT2D eigenvalue weighted by atomic mass is 32.1. The Morgan fingerprint density at radius 3 is 2.71 bits per heavy atom. The van der Waals surface area contributed by atoms with Gasteiger partial charge in [-0.15, -0.1) is 0 Å². The van der Waals surface area contributed by atoms with Gasteiger partial charge in [0.25, 0.3) is 0 Å². The van der Waals surface area contributed by atoms with Crippen molar-refractivity contribution in [1.29, 1.82) is 0 Å². The number of para-hydroxylation sites is 1. The van der Waals surface area contributed by atoms with Crippen LogP contribution in [0.3, 0.4) is 0 Å². The van der Waals surface area contributed by atoms with E-state index in [1.807, 2.05) is 30.5 Å². The van der Waals surface area contributed by atoms with E-state index >= 15 is 0 Å². The topological polar surface area (TPSA) is 40.8 Å². The van der Waals surface area contributed by atoms with Gasteiger partial charge in [0.05, 0.1) is 12.8 Å². The van der Waals surface area contributed by atoms with Crippen molar-refractivity contribution in [3.05, 3.63) is 35.2 Å². The number of benzene rings is 1. The van der Waals surface area contributed by atoms with Crippen LogP contribution in [0.2, 0.25) is 0 Å². The van der Waals surface area contributed by atoms with Crippen molar-refractivity contribution < 1.29 is 4.74 Å². The van der Waals surface area contributed by atoms with Gasteiger partial charge < -0.3 is 14.7 Å². The normalized spacial score (nSPS) is 10.1. The second kappa shape index (κ2) is 3.67. The molecule has 14 heavy (non-hydrogen) atoms. The van der Waals surface area contributed by atoms with Gasteiger partial charge in [-0.05, 0) is 24.4 Å². The molecule has 3 nitrogen and oxygen atoms in total. The van der Waals surface area contributed by atoms with Gasteiger partial charge in [0.1, 0.15) is 5.75 Å². The summed E-state index contributed by atoms with van der Waals surface area (Å²) < 4.78 is 5.86. The van der Waals surface area contributed by atoms with Crippen LogP contribution in [-0.4, -0.2) is 17.1 Å². The quantitative estimate of drug-likeness (QED) is 0.742. The number of hydrogen-bond donors (Lipinski definition) is 2. The predicted molar refractivity (Wildman–Crippen MR) is 58.0 cm³/mol. The fraction of sp³-hybridized carbons (Fsp3) is 0.100. The van der Waals surface area contributed by atoms with E-state index in [4.69, 9.17) is 17.0 Å². The van der Waals surface area contributed by atoms with Crippen molar-refractivity contribution in [3.63, 3.8) is 0 Å². The van der Waals surface area contributed by atoms with E-state index in [0.717, 1.165) is 17.0 Å². The SMILES string of the molecule is COc1ccccc1-c1c[nH]c(=S)[nH]1. The van der Waals surface area contributed by atoms with Crippen molar-refractivity contribution in [2.45, 2.75) is 0 Å². The molecule has 1 heterocycles. The highest BCUT2D eigenvalue weighted by Gasteiger charge is 2.04. The summed E-state index contributed by atoms with van der Waals surface area (Å²) in [4.78, 5) is 5.97. The maximum absolute atomic E-state index is 5.24. The monoisotopic (exact) mass is 206 g/mol. The van der Waals surface area contributed by atoms with Gasteiger partial charge in [0, 0.05) is 11.8 Å². The molecule has 0 aliphatic carbocycles. The molecule has 0 atom stereocenters. The van der Waals surface area contributed by atoms with Crippen LogP contribution in [0, 0.1) is 4.77 Å². The molecule has 0 radical (unpaired) electrons. The number of rotatable bonds is 2. The molecule has 0 unspecified atom stereocenters. The lowest BCUT2D eigenvalue weighted by Crippen LogP contribution is -1.86. The lowest BCUT2D eigenvalue weighted by molar-refractivity contribution is 0.416. The Morgan fingerprint density at radius 2 is 2.07 bits per heavy atom. The van der Waals surface area contributed by atoms with E-state index in [9.17, 15) is 0 Å². The van der Waals surface area contributed by atoms with Gasteiger partial charge in [-0.3, -0.25) is 0 Å². The molecular weight excluding hydrogens is 196 g/mol. The zero-order valence-corrected chi connectivity index (χ0v) is 8.52. The summed E-state index contributed by atoms with van der Waals surface area (Å²) in [5.41, 5.74) is 1.94. The minimum absolute atomic E-state index is 0.617. The lowest BCUT2D eigenvalue weighted by Gasteiger charge is -2.04.